The average molecular weight is 536 g/mol. The molecule has 1 amide bonds. The third kappa shape index (κ3) is 7.58. The number of carbonyl (C=O) groups excluding carboxylic acids is 1. The van der Waals surface area contributed by atoms with Gasteiger partial charge in [0, 0.05) is 37.9 Å². The van der Waals surface area contributed by atoms with Gasteiger partial charge in [-0.15, -0.1) is 0 Å². The van der Waals surface area contributed by atoms with Crippen LogP contribution in [0.2, 0.25) is 0 Å². The van der Waals surface area contributed by atoms with Crippen molar-refractivity contribution in [2.24, 2.45) is 0 Å². The number of likely N-dealkylation sites (tertiary alicyclic amines) is 1. The topological polar surface area (TPSA) is 79.0 Å². The summed E-state index contributed by atoms with van der Waals surface area (Å²) in [6.45, 7) is 7.41. The van der Waals surface area contributed by atoms with Gasteiger partial charge in [-0.25, -0.2) is 13.2 Å². The van der Waals surface area contributed by atoms with Gasteiger partial charge in [0.25, 0.3) is 0 Å². The van der Waals surface area contributed by atoms with Crippen molar-refractivity contribution < 1.29 is 17.9 Å². The Labute approximate surface area is 226 Å². The molecule has 0 aromatic heterocycles. The first-order chi connectivity index (χ1) is 18.1. The molecule has 0 bridgehead atoms. The van der Waals surface area contributed by atoms with E-state index in [1.165, 1.54) is 4.31 Å². The second-order valence-corrected chi connectivity index (χ2v) is 12.6. The number of sulfonamides is 1. The number of hydrogen-bond acceptors (Lipinski definition) is 5. The lowest BCUT2D eigenvalue weighted by Crippen LogP contribution is -2.44. The Kier molecular flexibility index (Phi) is 8.74. The Morgan fingerprint density at radius 3 is 1.84 bits per heavy atom. The first-order valence-corrected chi connectivity index (χ1v) is 14.5. The van der Waals surface area contributed by atoms with E-state index in [0.717, 1.165) is 29.7 Å². The van der Waals surface area contributed by atoms with Crippen molar-refractivity contribution in [3.63, 3.8) is 0 Å². The number of nitrogens with one attached hydrogen (secondary N) is 1. The van der Waals surface area contributed by atoms with Gasteiger partial charge in [0.1, 0.15) is 5.60 Å². The molecule has 1 heterocycles. The summed E-state index contributed by atoms with van der Waals surface area (Å²) in [5.41, 5.74) is 2.22. The zero-order chi connectivity index (χ0) is 27.2. The summed E-state index contributed by atoms with van der Waals surface area (Å²) in [4.78, 5) is 14.3. The minimum Gasteiger partial charge on any atom is -0.444 e. The molecule has 8 heteroatoms. The predicted octanol–water partition coefficient (Wildman–Crippen LogP) is 5.89. The number of carbonyl (C=O) groups is 1. The first-order valence-electron chi connectivity index (χ1n) is 13.0. The molecule has 3 aromatic rings. The van der Waals surface area contributed by atoms with E-state index in [0.29, 0.717) is 13.1 Å². The van der Waals surface area contributed by atoms with Crippen LogP contribution in [0, 0.1) is 0 Å². The van der Waals surface area contributed by atoms with E-state index < -0.39 is 15.6 Å². The highest BCUT2D eigenvalue weighted by atomic mass is 32.2. The summed E-state index contributed by atoms with van der Waals surface area (Å²) >= 11 is 0. The zero-order valence-electron chi connectivity index (χ0n) is 22.3. The third-order valence-electron chi connectivity index (χ3n) is 6.41. The largest absolute Gasteiger partial charge is 0.444 e. The van der Waals surface area contributed by atoms with Crippen molar-refractivity contribution in [2.75, 3.05) is 18.4 Å². The predicted molar refractivity (Wildman–Crippen MR) is 150 cm³/mol. The maximum absolute atomic E-state index is 13.7. The number of anilines is 1. The molecule has 38 heavy (non-hydrogen) atoms. The summed E-state index contributed by atoms with van der Waals surface area (Å²) < 4.78 is 34.4. The van der Waals surface area contributed by atoms with Crippen LogP contribution in [0.15, 0.2) is 89.8 Å². The fraction of sp³-hybridized carbons (Fsp3) is 0.367. The molecule has 7 nitrogen and oxygen atoms in total. The molecule has 0 radical (unpaired) electrons. The van der Waals surface area contributed by atoms with Crippen molar-refractivity contribution in [1.82, 2.24) is 9.21 Å². The molecular weight excluding hydrogens is 498 g/mol. The summed E-state index contributed by atoms with van der Waals surface area (Å²) in [5, 5.41) is 3.49. The Hall–Kier alpha value is -3.36. The summed E-state index contributed by atoms with van der Waals surface area (Å²) in [7, 11) is -3.73. The SMILES string of the molecule is CC(C)(C)OC(=O)N1CCC(Nc2ccc(S(=O)(=O)N(Cc3ccccc3)Cc3ccccc3)cc2)CC1. The van der Waals surface area contributed by atoms with Crippen molar-refractivity contribution in [3.05, 3.63) is 96.1 Å². The lowest BCUT2D eigenvalue weighted by molar-refractivity contribution is 0.0210. The Morgan fingerprint density at radius 1 is 0.868 bits per heavy atom. The highest BCUT2D eigenvalue weighted by molar-refractivity contribution is 7.89. The van der Waals surface area contributed by atoms with Crippen LogP contribution in [0.5, 0.6) is 0 Å². The minimum atomic E-state index is -3.73. The van der Waals surface area contributed by atoms with E-state index in [1.807, 2.05) is 93.6 Å². The summed E-state index contributed by atoms with van der Waals surface area (Å²) in [6, 6.07) is 26.4. The normalized spacial score (nSPS) is 14.9. The van der Waals surface area contributed by atoms with E-state index >= 15 is 0 Å². The Balaban J connectivity index is 1.41. The van der Waals surface area contributed by atoms with Crippen LogP contribution in [-0.2, 0) is 27.8 Å². The molecule has 1 fully saturated rings. The van der Waals surface area contributed by atoms with Gasteiger partial charge in [0.05, 0.1) is 4.90 Å². The Morgan fingerprint density at radius 2 is 1.37 bits per heavy atom. The van der Waals surface area contributed by atoms with Gasteiger partial charge in [0.15, 0.2) is 0 Å². The van der Waals surface area contributed by atoms with Gasteiger partial charge >= 0.3 is 6.09 Å². The monoisotopic (exact) mass is 535 g/mol. The molecular formula is C30H37N3O4S. The smallest absolute Gasteiger partial charge is 0.410 e. The first kappa shape index (κ1) is 27.7. The van der Waals surface area contributed by atoms with Crippen LogP contribution in [0.1, 0.15) is 44.7 Å². The second-order valence-electron chi connectivity index (χ2n) is 10.7. The van der Waals surface area contributed by atoms with E-state index in [4.69, 9.17) is 4.74 Å². The number of ether oxygens (including phenoxy) is 1. The van der Waals surface area contributed by atoms with Crippen LogP contribution in [-0.4, -0.2) is 48.4 Å². The van der Waals surface area contributed by atoms with Crippen LogP contribution in [0.3, 0.4) is 0 Å². The molecule has 0 unspecified atom stereocenters. The standard InChI is InChI=1S/C30H37N3O4S/c1-30(2,3)37-29(34)32-20-18-27(19-21-32)31-26-14-16-28(17-15-26)38(35,36)33(22-24-10-6-4-7-11-24)23-25-12-8-5-9-13-25/h4-17,27,31H,18-23H2,1-3H3. The van der Waals surface area contributed by atoms with Gasteiger partial charge < -0.3 is 15.0 Å². The van der Waals surface area contributed by atoms with Crippen molar-refractivity contribution in [1.29, 1.82) is 0 Å². The summed E-state index contributed by atoms with van der Waals surface area (Å²) in [6.07, 6.45) is 1.31. The van der Waals surface area contributed by atoms with E-state index in [9.17, 15) is 13.2 Å². The van der Waals surface area contributed by atoms with Crippen LogP contribution in [0.4, 0.5) is 10.5 Å². The number of amides is 1. The molecule has 1 N–H and O–H groups in total. The number of benzene rings is 3. The highest BCUT2D eigenvalue weighted by Crippen LogP contribution is 2.24. The molecule has 0 spiro atoms. The molecule has 1 saturated heterocycles. The minimum absolute atomic E-state index is 0.198. The molecule has 202 valence electrons. The van der Waals surface area contributed by atoms with Crippen LogP contribution >= 0.6 is 0 Å². The van der Waals surface area contributed by atoms with Gasteiger partial charge in [-0.2, -0.15) is 4.31 Å². The fourth-order valence-corrected chi connectivity index (χ4v) is 5.86. The molecule has 3 aromatic carbocycles. The van der Waals surface area contributed by atoms with Gasteiger partial charge in [-0.05, 0) is 69.0 Å². The number of hydrogen-bond donors (Lipinski definition) is 1. The van der Waals surface area contributed by atoms with Crippen LogP contribution in [0.25, 0.3) is 0 Å². The maximum atomic E-state index is 13.7. The van der Waals surface area contributed by atoms with Gasteiger partial charge in [-0.3, -0.25) is 0 Å². The molecule has 4 rings (SSSR count). The average Bonchev–Trinajstić information content (AvgIpc) is 2.89. The third-order valence-corrected chi connectivity index (χ3v) is 8.22. The fourth-order valence-electron chi connectivity index (χ4n) is 4.44. The molecule has 0 atom stereocenters. The van der Waals surface area contributed by atoms with Crippen LogP contribution < -0.4 is 5.32 Å². The molecule has 0 aliphatic carbocycles. The molecule has 1 aliphatic heterocycles. The zero-order valence-corrected chi connectivity index (χ0v) is 23.2. The van der Waals surface area contributed by atoms with Crippen molar-refractivity contribution in [2.45, 2.75) is 63.2 Å². The number of rotatable bonds is 8. The Bertz CT molecular complexity index is 1240. The van der Waals surface area contributed by atoms with E-state index in [1.54, 1.807) is 17.0 Å². The van der Waals surface area contributed by atoms with Gasteiger partial charge in [0.2, 0.25) is 10.0 Å². The molecule has 1 aliphatic rings. The van der Waals surface area contributed by atoms with E-state index in [2.05, 4.69) is 5.32 Å². The summed E-state index contributed by atoms with van der Waals surface area (Å²) in [5.74, 6) is 0. The van der Waals surface area contributed by atoms with E-state index in [-0.39, 0.29) is 30.1 Å². The maximum Gasteiger partial charge on any atom is 0.410 e. The highest BCUT2D eigenvalue weighted by Gasteiger charge is 2.28. The second kappa shape index (κ2) is 12.0. The van der Waals surface area contributed by atoms with Gasteiger partial charge in [-0.1, -0.05) is 60.7 Å². The number of piperidine rings is 1. The lowest BCUT2D eigenvalue weighted by atomic mass is 10.0. The lowest BCUT2D eigenvalue weighted by Gasteiger charge is -2.34. The quantitative estimate of drug-likeness (QED) is 0.389. The van der Waals surface area contributed by atoms with Crippen molar-refractivity contribution in [3.8, 4) is 0 Å². The number of nitrogens with zero attached hydrogens (tertiary/aromatic N) is 2. The van der Waals surface area contributed by atoms with Crippen molar-refractivity contribution >= 4 is 21.8 Å². The molecule has 0 saturated carbocycles.